The molecule has 1 aliphatic rings. The van der Waals surface area contributed by atoms with Crippen molar-refractivity contribution in [1.29, 1.82) is 0 Å². The molecule has 2 N–H and O–H groups in total. The minimum atomic E-state index is -3.09. The summed E-state index contributed by atoms with van der Waals surface area (Å²) >= 11 is 0. The van der Waals surface area contributed by atoms with E-state index in [1.165, 1.54) is 19.1 Å². The summed E-state index contributed by atoms with van der Waals surface area (Å²) < 4.78 is 22.6. The van der Waals surface area contributed by atoms with Crippen molar-refractivity contribution >= 4 is 15.5 Å². The lowest BCUT2D eigenvalue weighted by Crippen LogP contribution is -2.24. The SMILES string of the molecule is CS(=O)(=O)c1ccc(NCC[C@H]2CCCN2)cc1. The van der Waals surface area contributed by atoms with E-state index in [9.17, 15) is 8.42 Å². The third kappa shape index (κ3) is 3.71. The van der Waals surface area contributed by atoms with Crippen LogP contribution in [-0.4, -0.2) is 33.8 Å². The lowest BCUT2D eigenvalue weighted by atomic mass is 10.1. The Hall–Kier alpha value is -1.07. The summed E-state index contributed by atoms with van der Waals surface area (Å²) in [6, 6.07) is 7.56. The molecule has 1 fully saturated rings. The van der Waals surface area contributed by atoms with Crippen molar-refractivity contribution < 1.29 is 8.42 Å². The molecule has 1 aliphatic heterocycles. The van der Waals surface area contributed by atoms with E-state index in [0.29, 0.717) is 10.9 Å². The fourth-order valence-corrected chi connectivity index (χ4v) is 2.84. The Bertz CT molecular complexity index is 476. The van der Waals surface area contributed by atoms with Crippen LogP contribution in [0.25, 0.3) is 0 Å². The number of rotatable bonds is 5. The number of hydrogen-bond acceptors (Lipinski definition) is 4. The van der Waals surface area contributed by atoms with Gasteiger partial charge in [-0.15, -0.1) is 0 Å². The Morgan fingerprint density at radius 2 is 2.06 bits per heavy atom. The van der Waals surface area contributed by atoms with Crippen molar-refractivity contribution in [3.8, 4) is 0 Å². The predicted molar refractivity (Wildman–Crippen MR) is 73.7 cm³/mol. The Balaban J connectivity index is 1.83. The monoisotopic (exact) mass is 268 g/mol. The van der Waals surface area contributed by atoms with Gasteiger partial charge in [-0.3, -0.25) is 0 Å². The van der Waals surface area contributed by atoms with Crippen LogP contribution in [-0.2, 0) is 9.84 Å². The number of sulfone groups is 1. The van der Waals surface area contributed by atoms with Gasteiger partial charge in [-0.05, 0) is 50.1 Å². The normalized spacial score (nSPS) is 19.9. The van der Waals surface area contributed by atoms with Crippen LogP contribution < -0.4 is 10.6 Å². The molecule has 1 atom stereocenters. The lowest BCUT2D eigenvalue weighted by molar-refractivity contribution is 0.574. The molecule has 1 aromatic rings. The zero-order chi connectivity index (χ0) is 13.0. The Kier molecular flexibility index (Phi) is 4.24. The molecule has 100 valence electrons. The molecule has 1 aromatic carbocycles. The van der Waals surface area contributed by atoms with Gasteiger partial charge in [-0.2, -0.15) is 0 Å². The maximum Gasteiger partial charge on any atom is 0.175 e. The predicted octanol–water partition coefficient (Wildman–Crippen LogP) is 1.64. The molecular formula is C13H20N2O2S. The maximum atomic E-state index is 11.3. The highest BCUT2D eigenvalue weighted by Gasteiger charge is 2.12. The molecule has 2 rings (SSSR count). The second kappa shape index (κ2) is 5.71. The maximum absolute atomic E-state index is 11.3. The van der Waals surface area contributed by atoms with Crippen LogP contribution in [0.2, 0.25) is 0 Å². The summed E-state index contributed by atoms with van der Waals surface area (Å²) in [5, 5.41) is 6.77. The number of nitrogens with one attached hydrogen (secondary N) is 2. The van der Waals surface area contributed by atoms with E-state index in [1.54, 1.807) is 12.1 Å². The molecule has 1 heterocycles. The van der Waals surface area contributed by atoms with Gasteiger partial charge in [-0.25, -0.2) is 8.42 Å². The topological polar surface area (TPSA) is 58.2 Å². The molecule has 5 heteroatoms. The molecule has 0 bridgehead atoms. The minimum Gasteiger partial charge on any atom is -0.385 e. The van der Waals surface area contributed by atoms with E-state index < -0.39 is 9.84 Å². The standard InChI is InChI=1S/C13H20N2O2S/c1-18(16,17)13-6-4-12(5-7-13)15-10-8-11-3-2-9-14-11/h4-7,11,14-15H,2-3,8-10H2,1H3/t11-/m1/s1. The summed E-state index contributed by atoms with van der Waals surface area (Å²) in [4.78, 5) is 0.366. The molecule has 0 spiro atoms. The molecule has 0 amide bonds. The van der Waals surface area contributed by atoms with Crippen molar-refractivity contribution in [3.05, 3.63) is 24.3 Å². The van der Waals surface area contributed by atoms with Gasteiger partial charge in [-0.1, -0.05) is 0 Å². The average molecular weight is 268 g/mol. The number of anilines is 1. The zero-order valence-corrected chi connectivity index (χ0v) is 11.5. The minimum absolute atomic E-state index is 0.366. The number of hydrogen-bond donors (Lipinski definition) is 2. The smallest absolute Gasteiger partial charge is 0.175 e. The van der Waals surface area contributed by atoms with E-state index >= 15 is 0 Å². The third-order valence-electron chi connectivity index (χ3n) is 3.27. The molecule has 0 saturated carbocycles. The van der Waals surface area contributed by atoms with Gasteiger partial charge < -0.3 is 10.6 Å². The molecule has 0 radical (unpaired) electrons. The van der Waals surface area contributed by atoms with Crippen LogP contribution in [0.3, 0.4) is 0 Å². The van der Waals surface area contributed by atoms with E-state index in [0.717, 1.165) is 25.2 Å². The first-order valence-electron chi connectivity index (χ1n) is 6.33. The molecular weight excluding hydrogens is 248 g/mol. The van der Waals surface area contributed by atoms with Crippen molar-refractivity contribution in [1.82, 2.24) is 5.32 Å². The van der Waals surface area contributed by atoms with Gasteiger partial charge in [0.05, 0.1) is 4.90 Å². The van der Waals surface area contributed by atoms with Gasteiger partial charge in [0, 0.05) is 24.5 Å². The van der Waals surface area contributed by atoms with Crippen molar-refractivity contribution in [2.45, 2.75) is 30.2 Å². The highest BCUT2D eigenvalue weighted by atomic mass is 32.2. The Morgan fingerprint density at radius 3 is 2.61 bits per heavy atom. The first-order valence-corrected chi connectivity index (χ1v) is 8.22. The fourth-order valence-electron chi connectivity index (χ4n) is 2.21. The van der Waals surface area contributed by atoms with Crippen LogP contribution in [0.1, 0.15) is 19.3 Å². The molecule has 0 aliphatic carbocycles. The molecule has 0 unspecified atom stereocenters. The summed E-state index contributed by atoms with van der Waals surface area (Å²) in [6.45, 7) is 2.05. The van der Waals surface area contributed by atoms with Crippen LogP contribution in [0, 0.1) is 0 Å². The second-order valence-electron chi connectivity index (χ2n) is 4.81. The van der Waals surface area contributed by atoms with E-state index in [-0.39, 0.29) is 0 Å². The summed E-state index contributed by atoms with van der Waals surface area (Å²) in [5.74, 6) is 0. The molecule has 18 heavy (non-hydrogen) atoms. The largest absolute Gasteiger partial charge is 0.385 e. The highest BCUT2D eigenvalue weighted by Crippen LogP contribution is 2.14. The first-order chi connectivity index (χ1) is 8.55. The quantitative estimate of drug-likeness (QED) is 0.852. The van der Waals surface area contributed by atoms with Gasteiger partial charge in [0.1, 0.15) is 0 Å². The summed E-state index contributed by atoms with van der Waals surface area (Å²) in [5.41, 5.74) is 0.973. The van der Waals surface area contributed by atoms with Crippen molar-refractivity contribution in [2.24, 2.45) is 0 Å². The van der Waals surface area contributed by atoms with E-state index in [2.05, 4.69) is 10.6 Å². The van der Waals surface area contributed by atoms with E-state index in [1.807, 2.05) is 12.1 Å². The van der Waals surface area contributed by atoms with E-state index in [4.69, 9.17) is 0 Å². The second-order valence-corrected chi connectivity index (χ2v) is 6.82. The molecule has 0 aromatic heterocycles. The molecule has 4 nitrogen and oxygen atoms in total. The fraction of sp³-hybridized carbons (Fsp3) is 0.538. The van der Waals surface area contributed by atoms with Crippen molar-refractivity contribution in [3.63, 3.8) is 0 Å². The van der Waals surface area contributed by atoms with Gasteiger partial charge in [0.2, 0.25) is 0 Å². The summed E-state index contributed by atoms with van der Waals surface area (Å²) in [6.07, 6.45) is 4.86. The Morgan fingerprint density at radius 1 is 1.33 bits per heavy atom. The average Bonchev–Trinajstić information content (AvgIpc) is 2.82. The van der Waals surface area contributed by atoms with Crippen molar-refractivity contribution in [2.75, 3.05) is 24.7 Å². The Labute approximate surface area is 109 Å². The van der Waals surface area contributed by atoms with Crippen LogP contribution in [0.15, 0.2) is 29.2 Å². The zero-order valence-electron chi connectivity index (χ0n) is 10.6. The van der Waals surface area contributed by atoms with Gasteiger partial charge >= 0.3 is 0 Å². The first kappa shape index (κ1) is 13.4. The lowest BCUT2D eigenvalue weighted by Gasteiger charge is -2.11. The third-order valence-corrected chi connectivity index (χ3v) is 4.40. The van der Waals surface area contributed by atoms with Crippen LogP contribution in [0.5, 0.6) is 0 Å². The molecule has 1 saturated heterocycles. The van der Waals surface area contributed by atoms with Gasteiger partial charge in [0.25, 0.3) is 0 Å². The van der Waals surface area contributed by atoms with Crippen LogP contribution in [0.4, 0.5) is 5.69 Å². The number of benzene rings is 1. The van der Waals surface area contributed by atoms with Crippen LogP contribution >= 0.6 is 0 Å². The highest BCUT2D eigenvalue weighted by molar-refractivity contribution is 7.90. The summed E-state index contributed by atoms with van der Waals surface area (Å²) in [7, 11) is -3.09. The van der Waals surface area contributed by atoms with Gasteiger partial charge in [0.15, 0.2) is 9.84 Å².